The molecule has 29 heavy (non-hydrogen) atoms. The van der Waals surface area contributed by atoms with Crippen molar-refractivity contribution in [3.8, 4) is 0 Å². The van der Waals surface area contributed by atoms with E-state index in [0.29, 0.717) is 0 Å². The summed E-state index contributed by atoms with van der Waals surface area (Å²) in [5, 5.41) is 10.6. The number of amides is 1. The molecule has 7 heteroatoms. The minimum atomic E-state index is -0.889. The lowest BCUT2D eigenvalue weighted by atomic mass is 9.93. The molecule has 1 N–H and O–H groups in total. The number of fused-ring (bicyclic) bond motifs is 1. The van der Waals surface area contributed by atoms with Crippen LogP contribution >= 0.6 is 0 Å². The first-order chi connectivity index (χ1) is 14.2. The predicted molar refractivity (Wildman–Crippen MR) is 104 cm³/mol. The van der Waals surface area contributed by atoms with Crippen LogP contribution in [0.3, 0.4) is 0 Å². The molecule has 7 nitrogen and oxygen atoms in total. The molecule has 2 saturated heterocycles. The summed E-state index contributed by atoms with van der Waals surface area (Å²) < 4.78 is 23.0. The van der Waals surface area contributed by atoms with E-state index in [1.165, 1.54) is 12.0 Å². The first-order valence-electron chi connectivity index (χ1n) is 9.67. The van der Waals surface area contributed by atoms with Crippen molar-refractivity contribution in [3.05, 3.63) is 71.8 Å². The maximum absolute atomic E-state index is 12.8. The Kier molecular flexibility index (Phi) is 6.10. The molecule has 0 spiro atoms. The van der Waals surface area contributed by atoms with Gasteiger partial charge >= 0.3 is 6.09 Å². The molecular formula is C22H25NO6. The van der Waals surface area contributed by atoms with Crippen molar-refractivity contribution in [2.75, 3.05) is 20.3 Å². The third-order valence-corrected chi connectivity index (χ3v) is 5.35. The summed E-state index contributed by atoms with van der Waals surface area (Å²) in [6.07, 6.45) is -3.08. The number of piperidine rings is 1. The lowest BCUT2D eigenvalue weighted by Crippen LogP contribution is -2.67. The van der Waals surface area contributed by atoms with Crippen LogP contribution in [0.15, 0.2) is 60.7 Å². The Bertz CT molecular complexity index is 801. The van der Waals surface area contributed by atoms with Crippen molar-refractivity contribution in [2.24, 2.45) is 0 Å². The fraction of sp³-hybridized carbons (Fsp3) is 0.409. The number of likely N-dealkylation sites (tertiary alicyclic amines) is 1. The summed E-state index contributed by atoms with van der Waals surface area (Å²) in [6.45, 7) is 0.513. The lowest BCUT2D eigenvalue weighted by molar-refractivity contribution is -0.286. The van der Waals surface area contributed by atoms with Gasteiger partial charge in [0.05, 0.1) is 19.2 Å². The number of hydrogen-bond acceptors (Lipinski definition) is 6. The standard InChI is InChI=1S/C22H25NO6/c1-26-20-18(24)12-23(22(25)28-13-15-8-4-2-5-9-15)17-14-27-21(29-19(17)20)16-10-6-3-7-11-16/h2-11,17-21,24H,12-14H2,1H3/t17-,18+,19-,20-,21-/m1/s1. The molecular weight excluding hydrogens is 374 g/mol. The van der Waals surface area contributed by atoms with Crippen molar-refractivity contribution in [1.82, 2.24) is 4.90 Å². The molecule has 2 aromatic rings. The normalized spacial score (nSPS) is 29.2. The van der Waals surface area contributed by atoms with Crippen molar-refractivity contribution < 1.29 is 28.8 Å². The fourth-order valence-electron chi connectivity index (χ4n) is 3.87. The van der Waals surface area contributed by atoms with Gasteiger partial charge in [-0.05, 0) is 5.56 Å². The molecule has 2 aromatic carbocycles. The van der Waals surface area contributed by atoms with Gasteiger partial charge in [-0.3, -0.25) is 4.90 Å². The number of β-amino-alcohol motifs (C(OH)–C–C–N with tert-alkyl or cyclic N) is 1. The maximum Gasteiger partial charge on any atom is 0.410 e. The molecule has 0 saturated carbocycles. The van der Waals surface area contributed by atoms with E-state index in [9.17, 15) is 9.90 Å². The van der Waals surface area contributed by atoms with Gasteiger partial charge in [-0.1, -0.05) is 60.7 Å². The highest BCUT2D eigenvalue weighted by Gasteiger charge is 2.50. The third-order valence-electron chi connectivity index (χ3n) is 5.35. The van der Waals surface area contributed by atoms with Crippen LogP contribution in [0, 0.1) is 0 Å². The van der Waals surface area contributed by atoms with Gasteiger partial charge in [0.2, 0.25) is 0 Å². The molecule has 2 heterocycles. The van der Waals surface area contributed by atoms with Gasteiger partial charge in [-0.15, -0.1) is 0 Å². The van der Waals surface area contributed by atoms with Crippen molar-refractivity contribution in [1.29, 1.82) is 0 Å². The Balaban J connectivity index is 1.48. The zero-order valence-corrected chi connectivity index (χ0v) is 16.2. The molecule has 5 atom stereocenters. The molecule has 2 aliphatic rings. The third kappa shape index (κ3) is 4.28. The van der Waals surface area contributed by atoms with E-state index in [1.807, 2.05) is 60.7 Å². The number of rotatable bonds is 4. The van der Waals surface area contributed by atoms with E-state index in [1.54, 1.807) is 0 Å². The van der Waals surface area contributed by atoms with Gasteiger partial charge in [0, 0.05) is 12.7 Å². The van der Waals surface area contributed by atoms with Crippen LogP contribution in [0.1, 0.15) is 17.4 Å². The number of carbonyl (C=O) groups is 1. The van der Waals surface area contributed by atoms with Crippen LogP contribution in [0.25, 0.3) is 0 Å². The molecule has 0 bridgehead atoms. The van der Waals surface area contributed by atoms with Crippen LogP contribution < -0.4 is 0 Å². The van der Waals surface area contributed by atoms with E-state index in [4.69, 9.17) is 18.9 Å². The number of aliphatic hydroxyl groups excluding tert-OH is 1. The summed E-state index contributed by atoms with van der Waals surface area (Å²) in [6, 6.07) is 18.6. The second-order valence-corrected chi connectivity index (χ2v) is 7.20. The van der Waals surface area contributed by atoms with E-state index in [-0.39, 0.29) is 19.8 Å². The quantitative estimate of drug-likeness (QED) is 0.851. The number of benzene rings is 2. The van der Waals surface area contributed by atoms with Gasteiger partial charge in [0.1, 0.15) is 24.9 Å². The zero-order chi connectivity index (χ0) is 20.2. The molecule has 0 unspecified atom stereocenters. The molecule has 0 aliphatic carbocycles. The van der Waals surface area contributed by atoms with Crippen LogP contribution in [-0.4, -0.2) is 60.7 Å². The summed E-state index contributed by atoms with van der Waals surface area (Å²) >= 11 is 0. The van der Waals surface area contributed by atoms with E-state index >= 15 is 0 Å². The first-order valence-corrected chi connectivity index (χ1v) is 9.67. The molecule has 0 radical (unpaired) electrons. The predicted octanol–water partition coefficient (Wildman–Crippen LogP) is 2.50. The maximum atomic E-state index is 12.8. The number of carbonyl (C=O) groups excluding carboxylic acids is 1. The Labute approximate surface area is 169 Å². The number of nitrogens with zero attached hydrogens (tertiary/aromatic N) is 1. The number of methoxy groups -OCH3 is 1. The molecule has 4 rings (SSSR count). The van der Waals surface area contributed by atoms with E-state index in [2.05, 4.69) is 0 Å². The average molecular weight is 399 g/mol. The van der Waals surface area contributed by atoms with Crippen molar-refractivity contribution >= 4 is 6.09 Å². The molecule has 2 fully saturated rings. The Morgan fingerprint density at radius 2 is 1.83 bits per heavy atom. The lowest BCUT2D eigenvalue weighted by Gasteiger charge is -2.49. The SMILES string of the molecule is CO[C@H]1[C@@H]2O[C@H](c3ccccc3)OC[C@H]2N(C(=O)OCc2ccccc2)C[C@@H]1O. The van der Waals surface area contributed by atoms with Crippen LogP contribution in [0.5, 0.6) is 0 Å². The number of ether oxygens (including phenoxy) is 4. The second kappa shape index (κ2) is 8.92. The average Bonchev–Trinajstić information content (AvgIpc) is 2.78. The summed E-state index contributed by atoms with van der Waals surface area (Å²) in [7, 11) is 1.53. The van der Waals surface area contributed by atoms with Gasteiger partial charge in [0.15, 0.2) is 6.29 Å². The molecule has 2 aliphatic heterocycles. The van der Waals surface area contributed by atoms with Crippen molar-refractivity contribution in [3.63, 3.8) is 0 Å². The Hall–Kier alpha value is -2.45. The highest BCUT2D eigenvalue weighted by atomic mass is 16.7. The minimum absolute atomic E-state index is 0.0933. The van der Waals surface area contributed by atoms with E-state index in [0.717, 1.165) is 11.1 Å². The zero-order valence-electron chi connectivity index (χ0n) is 16.2. The van der Waals surface area contributed by atoms with Crippen molar-refractivity contribution in [2.45, 2.75) is 37.3 Å². The Morgan fingerprint density at radius 1 is 1.14 bits per heavy atom. The largest absolute Gasteiger partial charge is 0.445 e. The summed E-state index contributed by atoms with van der Waals surface area (Å²) in [4.78, 5) is 14.2. The number of hydrogen-bond donors (Lipinski definition) is 1. The van der Waals surface area contributed by atoms with Crippen LogP contribution in [0.2, 0.25) is 0 Å². The van der Waals surface area contributed by atoms with Gasteiger partial charge in [-0.2, -0.15) is 0 Å². The highest BCUT2D eigenvalue weighted by Crippen LogP contribution is 2.34. The van der Waals surface area contributed by atoms with Gasteiger partial charge < -0.3 is 24.1 Å². The summed E-state index contributed by atoms with van der Waals surface area (Å²) in [5.41, 5.74) is 1.77. The van der Waals surface area contributed by atoms with Crippen LogP contribution in [-0.2, 0) is 25.6 Å². The highest BCUT2D eigenvalue weighted by molar-refractivity contribution is 5.68. The van der Waals surface area contributed by atoms with E-state index < -0.39 is 36.7 Å². The van der Waals surface area contributed by atoms with Gasteiger partial charge in [0.25, 0.3) is 0 Å². The Morgan fingerprint density at radius 3 is 2.52 bits per heavy atom. The molecule has 0 aromatic heterocycles. The monoisotopic (exact) mass is 399 g/mol. The van der Waals surface area contributed by atoms with Crippen LogP contribution in [0.4, 0.5) is 4.79 Å². The number of aliphatic hydroxyl groups is 1. The van der Waals surface area contributed by atoms with Gasteiger partial charge in [-0.25, -0.2) is 4.79 Å². The molecule has 1 amide bonds. The molecule has 154 valence electrons. The summed E-state index contributed by atoms with van der Waals surface area (Å²) in [5.74, 6) is 0. The minimum Gasteiger partial charge on any atom is -0.445 e. The smallest absolute Gasteiger partial charge is 0.410 e. The second-order valence-electron chi connectivity index (χ2n) is 7.20. The topological polar surface area (TPSA) is 77.5 Å². The first kappa shape index (κ1) is 19.8. The fourth-order valence-corrected chi connectivity index (χ4v) is 3.87.